The number of hydrogen-bond donors (Lipinski definition) is 2. The fraction of sp³-hybridized carbons (Fsp3) is 0.238. The van der Waals surface area contributed by atoms with Crippen LogP contribution in [-0.4, -0.2) is 20.3 Å². The maximum Gasteiger partial charge on any atom is 0.329 e. The lowest BCUT2D eigenvalue weighted by atomic mass is 9.96. The van der Waals surface area contributed by atoms with Crippen LogP contribution in [0.3, 0.4) is 0 Å². The zero-order valence-corrected chi connectivity index (χ0v) is 18.1. The Hall–Kier alpha value is -2.90. The minimum Gasteiger partial charge on any atom is -0.384 e. The Morgan fingerprint density at radius 3 is 2.47 bits per heavy atom. The van der Waals surface area contributed by atoms with Crippen molar-refractivity contribution in [2.24, 2.45) is 0 Å². The molecule has 3 N–H and O–H groups in total. The quantitative estimate of drug-likeness (QED) is 0.459. The highest BCUT2D eigenvalue weighted by atomic mass is 35.5. The number of H-pyrrole nitrogens is 1. The highest BCUT2D eigenvalue weighted by Gasteiger charge is 2.25. The number of nitrogen functional groups attached to an aromatic ring is 1. The highest BCUT2D eigenvalue weighted by molar-refractivity contribution is 6.31. The maximum atomic E-state index is 13.5. The van der Waals surface area contributed by atoms with E-state index < -0.39 is 17.0 Å². The van der Waals surface area contributed by atoms with Gasteiger partial charge in [0, 0.05) is 16.1 Å². The lowest BCUT2D eigenvalue weighted by Gasteiger charge is -2.18. The number of aromatic amines is 1. The number of nitrogens with two attached hydrogens (primary N) is 1. The second-order valence-electron chi connectivity index (χ2n) is 7.33. The molecule has 2 aromatic heterocycles. The lowest BCUT2D eigenvalue weighted by molar-refractivity contribution is 0.102. The number of pyridine rings is 1. The van der Waals surface area contributed by atoms with Gasteiger partial charge in [-0.15, -0.1) is 0 Å². The number of nitrogens with zero attached hydrogens (tertiary/aromatic N) is 2. The van der Waals surface area contributed by atoms with Crippen molar-refractivity contribution in [2.75, 3.05) is 5.73 Å². The van der Waals surface area contributed by atoms with E-state index >= 15 is 0 Å². The number of nitrogens with one attached hydrogen (secondary N) is 1. The first-order valence-electron chi connectivity index (χ1n) is 9.17. The molecular weight excluding hydrogens is 427 g/mol. The van der Waals surface area contributed by atoms with Gasteiger partial charge in [-0.1, -0.05) is 37.0 Å². The van der Waals surface area contributed by atoms with Crippen molar-refractivity contribution in [1.82, 2.24) is 14.5 Å². The van der Waals surface area contributed by atoms with Crippen molar-refractivity contribution in [3.63, 3.8) is 0 Å². The lowest BCUT2D eigenvalue weighted by Crippen LogP contribution is -2.38. The van der Waals surface area contributed by atoms with Crippen molar-refractivity contribution < 1.29 is 4.79 Å². The summed E-state index contributed by atoms with van der Waals surface area (Å²) < 4.78 is 1.22. The van der Waals surface area contributed by atoms with Gasteiger partial charge in [0.15, 0.2) is 0 Å². The van der Waals surface area contributed by atoms with Crippen LogP contribution >= 0.6 is 23.2 Å². The van der Waals surface area contributed by atoms with Gasteiger partial charge < -0.3 is 5.73 Å². The van der Waals surface area contributed by atoms with Crippen LogP contribution in [0.2, 0.25) is 10.2 Å². The number of halogens is 2. The molecule has 0 atom stereocenters. The SMILES string of the molecule is Cc1cc(Cl)cc(C(=O)c2c(C(C)C)c(=O)[nH]c(=O)n2Cc2cc(N)nc(Cl)c2)c1. The normalized spacial score (nSPS) is 11.1. The van der Waals surface area contributed by atoms with Crippen molar-refractivity contribution in [3.05, 3.63) is 89.3 Å². The molecule has 0 aliphatic carbocycles. The molecule has 0 saturated heterocycles. The summed E-state index contributed by atoms with van der Waals surface area (Å²) in [7, 11) is 0. The van der Waals surface area contributed by atoms with Crippen LogP contribution in [0.15, 0.2) is 39.9 Å². The first kappa shape index (κ1) is 21.8. The Balaban J connectivity index is 2.29. The molecule has 0 radical (unpaired) electrons. The third-order valence-corrected chi connectivity index (χ3v) is 4.96. The Kier molecular flexibility index (Phi) is 6.14. The van der Waals surface area contributed by atoms with Crippen LogP contribution in [0.25, 0.3) is 0 Å². The van der Waals surface area contributed by atoms with Gasteiger partial charge in [-0.3, -0.25) is 19.1 Å². The molecule has 0 spiro atoms. The average Bonchev–Trinajstić information content (AvgIpc) is 2.61. The predicted molar refractivity (Wildman–Crippen MR) is 118 cm³/mol. The fourth-order valence-corrected chi connectivity index (χ4v) is 3.90. The van der Waals surface area contributed by atoms with Crippen LogP contribution in [0.5, 0.6) is 0 Å². The molecule has 2 heterocycles. The zero-order valence-electron chi connectivity index (χ0n) is 16.6. The molecular formula is C21H20Cl2N4O3. The van der Waals surface area contributed by atoms with E-state index in [0.29, 0.717) is 10.6 Å². The number of anilines is 1. The number of carbonyl (C=O) groups excluding carboxylic acids is 1. The van der Waals surface area contributed by atoms with E-state index in [0.717, 1.165) is 5.56 Å². The number of benzene rings is 1. The molecule has 0 unspecified atom stereocenters. The Labute approximate surface area is 182 Å². The number of ketones is 1. The van der Waals surface area contributed by atoms with Gasteiger partial charge in [-0.2, -0.15) is 0 Å². The standard InChI is InChI=1S/C21H20Cl2N4O3/c1-10(2)17-18(19(28)13-4-11(3)5-14(22)8-13)27(21(30)26-20(17)29)9-12-6-15(23)25-16(24)7-12/h4-8,10H,9H2,1-3H3,(H2,24,25)(H,26,29,30). The Morgan fingerprint density at radius 1 is 1.17 bits per heavy atom. The van der Waals surface area contributed by atoms with Crippen molar-refractivity contribution in [3.8, 4) is 0 Å². The summed E-state index contributed by atoms with van der Waals surface area (Å²) in [4.78, 5) is 45.0. The molecule has 0 bridgehead atoms. The molecule has 0 aliphatic heterocycles. The summed E-state index contributed by atoms with van der Waals surface area (Å²) in [6.07, 6.45) is 0. The minimum absolute atomic E-state index is 0.00641. The Bertz CT molecular complexity index is 1220. The third kappa shape index (κ3) is 4.47. The molecule has 3 aromatic rings. The van der Waals surface area contributed by atoms with Crippen LogP contribution in [0, 0.1) is 6.92 Å². The molecule has 30 heavy (non-hydrogen) atoms. The van der Waals surface area contributed by atoms with Gasteiger partial charge in [0.2, 0.25) is 5.78 Å². The summed E-state index contributed by atoms with van der Waals surface area (Å²) in [6, 6.07) is 7.99. The average molecular weight is 447 g/mol. The molecule has 0 aliphatic rings. The fourth-order valence-electron chi connectivity index (χ4n) is 3.37. The third-order valence-electron chi connectivity index (χ3n) is 4.55. The van der Waals surface area contributed by atoms with Gasteiger partial charge in [0.25, 0.3) is 5.56 Å². The first-order valence-corrected chi connectivity index (χ1v) is 9.93. The summed E-state index contributed by atoms with van der Waals surface area (Å²) in [5.74, 6) is -0.607. The van der Waals surface area contributed by atoms with Gasteiger partial charge in [0.1, 0.15) is 16.7 Å². The second-order valence-corrected chi connectivity index (χ2v) is 8.16. The van der Waals surface area contributed by atoms with Crippen LogP contribution in [0.4, 0.5) is 5.82 Å². The van der Waals surface area contributed by atoms with E-state index in [9.17, 15) is 14.4 Å². The van der Waals surface area contributed by atoms with E-state index in [-0.39, 0.29) is 40.3 Å². The summed E-state index contributed by atoms with van der Waals surface area (Å²) in [5, 5.41) is 0.543. The topological polar surface area (TPSA) is 111 Å². The molecule has 3 rings (SSSR count). The van der Waals surface area contributed by atoms with E-state index in [1.54, 1.807) is 45.0 Å². The maximum absolute atomic E-state index is 13.5. The summed E-state index contributed by atoms with van der Waals surface area (Å²) >= 11 is 12.1. The monoisotopic (exact) mass is 446 g/mol. The highest BCUT2D eigenvalue weighted by Crippen LogP contribution is 2.22. The largest absolute Gasteiger partial charge is 0.384 e. The van der Waals surface area contributed by atoms with E-state index in [1.165, 1.54) is 10.6 Å². The second kappa shape index (κ2) is 8.45. The molecule has 1 aromatic carbocycles. The number of carbonyl (C=O) groups is 1. The van der Waals surface area contributed by atoms with Crippen LogP contribution < -0.4 is 17.0 Å². The van der Waals surface area contributed by atoms with Gasteiger partial charge in [0.05, 0.1) is 6.54 Å². The molecule has 0 amide bonds. The van der Waals surface area contributed by atoms with Crippen LogP contribution in [0.1, 0.15) is 52.5 Å². The number of hydrogen-bond acceptors (Lipinski definition) is 5. The zero-order chi connectivity index (χ0) is 22.2. The predicted octanol–water partition coefficient (Wildman–Crippen LogP) is 3.53. The number of rotatable bonds is 5. The van der Waals surface area contributed by atoms with E-state index in [1.807, 2.05) is 0 Å². The number of aryl methyl sites for hydroxylation is 1. The van der Waals surface area contributed by atoms with E-state index in [2.05, 4.69) is 9.97 Å². The molecule has 9 heteroatoms. The minimum atomic E-state index is -0.710. The van der Waals surface area contributed by atoms with Crippen molar-refractivity contribution >= 4 is 34.8 Å². The molecule has 156 valence electrons. The summed E-state index contributed by atoms with van der Waals surface area (Å²) in [6.45, 7) is 5.34. The van der Waals surface area contributed by atoms with Gasteiger partial charge >= 0.3 is 5.69 Å². The van der Waals surface area contributed by atoms with Crippen molar-refractivity contribution in [2.45, 2.75) is 33.2 Å². The number of aromatic nitrogens is 3. The van der Waals surface area contributed by atoms with Gasteiger partial charge in [-0.25, -0.2) is 9.78 Å². The van der Waals surface area contributed by atoms with Crippen LogP contribution in [-0.2, 0) is 6.54 Å². The molecule has 0 fully saturated rings. The smallest absolute Gasteiger partial charge is 0.329 e. The Morgan fingerprint density at radius 2 is 1.87 bits per heavy atom. The molecule has 0 saturated carbocycles. The van der Waals surface area contributed by atoms with Crippen molar-refractivity contribution in [1.29, 1.82) is 0 Å². The summed E-state index contributed by atoms with van der Waals surface area (Å²) in [5.41, 5.74) is 6.30. The van der Waals surface area contributed by atoms with E-state index in [4.69, 9.17) is 28.9 Å². The van der Waals surface area contributed by atoms with Gasteiger partial charge in [-0.05, 0) is 54.3 Å². The molecule has 7 nitrogen and oxygen atoms in total. The first-order chi connectivity index (χ1) is 14.1.